The van der Waals surface area contributed by atoms with Gasteiger partial charge in [0.15, 0.2) is 0 Å². The van der Waals surface area contributed by atoms with E-state index < -0.39 is 0 Å². The molecule has 3 rings (SSSR count). The Morgan fingerprint density at radius 3 is 2.65 bits per heavy atom. The number of carbonyl (C=O) groups is 2. The summed E-state index contributed by atoms with van der Waals surface area (Å²) < 4.78 is 6.44. The van der Waals surface area contributed by atoms with Gasteiger partial charge in [-0.2, -0.15) is 0 Å². The molecule has 0 bridgehead atoms. The number of aliphatic hydroxyl groups excluding tert-OH is 1. The first-order valence-corrected chi connectivity index (χ1v) is 12.5. The lowest BCUT2D eigenvalue weighted by molar-refractivity contribution is -0.116. The molecule has 1 aromatic carbocycles. The van der Waals surface area contributed by atoms with Gasteiger partial charge in [0.2, 0.25) is 5.91 Å². The Hall–Kier alpha value is -2.16. The number of ether oxygens (including phenoxy) is 1. The smallest absolute Gasteiger partial charge is 0.258 e. The summed E-state index contributed by atoms with van der Waals surface area (Å²) in [6.07, 6.45) is 3.69. The highest BCUT2D eigenvalue weighted by atomic mass is 16.5. The second-order valence-corrected chi connectivity index (χ2v) is 10.5. The van der Waals surface area contributed by atoms with E-state index >= 15 is 0 Å². The second-order valence-electron chi connectivity index (χ2n) is 10.5. The maximum Gasteiger partial charge on any atom is 0.258 e. The highest BCUT2D eigenvalue weighted by Gasteiger charge is 2.34. The van der Waals surface area contributed by atoms with Crippen LogP contribution in [0.2, 0.25) is 0 Å². The monoisotopic (exact) mass is 474 g/mol. The summed E-state index contributed by atoms with van der Waals surface area (Å²) in [7, 11) is 6.09. The molecule has 34 heavy (non-hydrogen) atoms. The Labute approximate surface area is 204 Å². The maximum atomic E-state index is 13.5. The van der Waals surface area contributed by atoms with Crippen LogP contribution in [0.25, 0.3) is 0 Å². The van der Waals surface area contributed by atoms with Crippen molar-refractivity contribution in [2.75, 3.05) is 59.2 Å². The lowest BCUT2D eigenvalue weighted by Gasteiger charge is -2.38. The predicted octanol–water partition coefficient (Wildman–Crippen LogP) is 2.53. The van der Waals surface area contributed by atoms with E-state index in [1.807, 2.05) is 25.9 Å². The lowest BCUT2D eigenvalue weighted by Crippen LogP contribution is -2.50. The van der Waals surface area contributed by atoms with Crippen LogP contribution < -0.4 is 10.1 Å². The van der Waals surface area contributed by atoms with Crippen molar-refractivity contribution < 1.29 is 19.4 Å². The predicted molar refractivity (Wildman–Crippen MR) is 134 cm³/mol. The number of nitrogens with zero attached hydrogens (tertiary/aromatic N) is 3. The zero-order valence-corrected chi connectivity index (χ0v) is 21.4. The van der Waals surface area contributed by atoms with E-state index in [4.69, 9.17) is 4.74 Å². The third-order valence-corrected chi connectivity index (χ3v) is 6.72. The van der Waals surface area contributed by atoms with E-state index in [-0.39, 0.29) is 36.5 Å². The van der Waals surface area contributed by atoms with Crippen molar-refractivity contribution in [1.82, 2.24) is 14.7 Å². The third-order valence-electron chi connectivity index (χ3n) is 6.72. The number of rotatable bonds is 11. The fraction of sp³-hybridized carbons (Fsp3) is 0.692. The van der Waals surface area contributed by atoms with E-state index in [0.717, 1.165) is 32.0 Å². The summed E-state index contributed by atoms with van der Waals surface area (Å²) in [6.45, 7) is 7.04. The number of anilines is 1. The minimum Gasteiger partial charge on any atom is -0.488 e. The van der Waals surface area contributed by atoms with E-state index in [0.29, 0.717) is 30.0 Å². The van der Waals surface area contributed by atoms with Gasteiger partial charge in [-0.1, -0.05) is 6.92 Å². The molecule has 1 fully saturated rings. The average Bonchev–Trinajstić information content (AvgIpc) is 3.59. The molecule has 1 heterocycles. The first-order chi connectivity index (χ1) is 16.2. The van der Waals surface area contributed by atoms with Crippen LogP contribution in [0, 0.1) is 11.8 Å². The van der Waals surface area contributed by atoms with Crippen molar-refractivity contribution in [3.8, 4) is 5.75 Å². The Morgan fingerprint density at radius 1 is 1.26 bits per heavy atom. The van der Waals surface area contributed by atoms with Gasteiger partial charge in [0.05, 0.1) is 18.2 Å². The zero-order chi connectivity index (χ0) is 24.8. The summed E-state index contributed by atoms with van der Waals surface area (Å²) in [6, 6.07) is 4.98. The van der Waals surface area contributed by atoms with Crippen molar-refractivity contribution in [2.45, 2.75) is 51.7 Å². The molecule has 8 heteroatoms. The largest absolute Gasteiger partial charge is 0.488 e. The van der Waals surface area contributed by atoms with E-state index in [2.05, 4.69) is 24.2 Å². The third kappa shape index (κ3) is 7.42. The first kappa shape index (κ1) is 26.4. The van der Waals surface area contributed by atoms with Gasteiger partial charge in [0.1, 0.15) is 11.9 Å². The van der Waals surface area contributed by atoms with Crippen LogP contribution in [-0.2, 0) is 4.79 Å². The molecule has 1 saturated carbocycles. The first-order valence-electron chi connectivity index (χ1n) is 12.5. The van der Waals surface area contributed by atoms with Crippen molar-refractivity contribution in [3.63, 3.8) is 0 Å². The molecule has 1 aliphatic carbocycles. The summed E-state index contributed by atoms with van der Waals surface area (Å²) >= 11 is 0. The standard InChI is InChI=1S/C26H42N4O4/c1-18-14-30(19(2)17-31)26(33)22-13-21(27-25(32)7-6-12-28(3)4)10-11-23(22)34-24(18)16-29(5)15-20-8-9-20/h10-11,13,18-20,24,31H,6-9,12,14-17H2,1-5H3,(H,27,32)/t18-,19-,24+/m0/s1. The van der Waals surface area contributed by atoms with Crippen LogP contribution in [0.5, 0.6) is 5.75 Å². The fourth-order valence-electron chi connectivity index (χ4n) is 4.42. The number of carbonyl (C=O) groups excluding carboxylic acids is 2. The minimum atomic E-state index is -0.310. The summed E-state index contributed by atoms with van der Waals surface area (Å²) in [5.41, 5.74) is 1.01. The average molecular weight is 475 g/mol. The van der Waals surface area contributed by atoms with E-state index in [1.165, 1.54) is 12.8 Å². The molecular weight excluding hydrogens is 432 g/mol. The lowest BCUT2D eigenvalue weighted by atomic mass is 9.99. The summed E-state index contributed by atoms with van der Waals surface area (Å²) in [5.74, 6) is 1.16. The van der Waals surface area contributed by atoms with Crippen LogP contribution in [-0.4, -0.2) is 97.7 Å². The van der Waals surface area contributed by atoms with Gasteiger partial charge in [0, 0.05) is 37.7 Å². The molecule has 0 radical (unpaired) electrons. The number of benzene rings is 1. The highest BCUT2D eigenvalue weighted by Crippen LogP contribution is 2.32. The number of hydrogen-bond acceptors (Lipinski definition) is 6. The molecule has 0 saturated heterocycles. The Kier molecular flexibility index (Phi) is 9.33. The number of aliphatic hydroxyl groups is 1. The molecular formula is C26H42N4O4. The molecule has 190 valence electrons. The van der Waals surface area contributed by atoms with Crippen LogP contribution in [0.4, 0.5) is 5.69 Å². The van der Waals surface area contributed by atoms with Gasteiger partial charge in [-0.05, 0) is 78.0 Å². The summed E-state index contributed by atoms with van der Waals surface area (Å²) in [4.78, 5) is 32.0. The maximum absolute atomic E-state index is 13.5. The molecule has 2 N–H and O–H groups in total. The fourth-order valence-corrected chi connectivity index (χ4v) is 4.42. The van der Waals surface area contributed by atoms with Crippen LogP contribution in [0.15, 0.2) is 18.2 Å². The quantitative estimate of drug-likeness (QED) is 0.513. The van der Waals surface area contributed by atoms with E-state index in [9.17, 15) is 14.7 Å². The SMILES string of the molecule is C[C@H]1CN([C@@H](C)CO)C(=O)c2cc(NC(=O)CCCN(C)C)ccc2O[C@@H]1CN(C)CC1CC1. The van der Waals surface area contributed by atoms with Crippen molar-refractivity contribution in [3.05, 3.63) is 23.8 Å². The van der Waals surface area contributed by atoms with Crippen molar-refractivity contribution in [1.29, 1.82) is 0 Å². The van der Waals surface area contributed by atoms with Gasteiger partial charge in [0.25, 0.3) is 5.91 Å². The van der Waals surface area contributed by atoms with Crippen LogP contribution in [0.1, 0.15) is 49.9 Å². The van der Waals surface area contributed by atoms with Crippen molar-refractivity contribution >= 4 is 17.5 Å². The summed E-state index contributed by atoms with van der Waals surface area (Å²) in [5, 5.41) is 12.7. The number of nitrogens with one attached hydrogen (secondary N) is 1. The van der Waals surface area contributed by atoms with Crippen LogP contribution in [0.3, 0.4) is 0 Å². The second kappa shape index (κ2) is 12.0. The Bertz CT molecular complexity index is 842. The van der Waals surface area contributed by atoms with Crippen molar-refractivity contribution in [2.24, 2.45) is 11.8 Å². The normalized spacial score (nSPS) is 21.6. The molecule has 8 nitrogen and oxygen atoms in total. The minimum absolute atomic E-state index is 0.0743. The molecule has 0 spiro atoms. The van der Waals surface area contributed by atoms with Gasteiger partial charge >= 0.3 is 0 Å². The molecule has 1 aliphatic heterocycles. The molecule has 2 amide bonds. The highest BCUT2D eigenvalue weighted by molar-refractivity contribution is 5.99. The molecule has 0 aromatic heterocycles. The van der Waals surface area contributed by atoms with Gasteiger partial charge in [-0.3, -0.25) is 9.59 Å². The van der Waals surface area contributed by atoms with E-state index in [1.54, 1.807) is 23.1 Å². The number of hydrogen-bond donors (Lipinski definition) is 2. The van der Waals surface area contributed by atoms with Crippen LogP contribution >= 0.6 is 0 Å². The van der Waals surface area contributed by atoms with Gasteiger partial charge in [-0.25, -0.2) is 0 Å². The molecule has 3 atom stereocenters. The molecule has 1 aromatic rings. The number of amides is 2. The molecule has 0 unspecified atom stereocenters. The number of fused-ring (bicyclic) bond motifs is 1. The topological polar surface area (TPSA) is 85.3 Å². The van der Waals surface area contributed by atoms with Gasteiger partial charge < -0.3 is 29.9 Å². The molecule has 2 aliphatic rings. The zero-order valence-electron chi connectivity index (χ0n) is 21.4. The Morgan fingerprint density at radius 2 is 2.00 bits per heavy atom. The van der Waals surface area contributed by atoms with Gasteiger partial charge in [-0.15, -0.1) is 0 Å². The number of likely N-dealkylation sites (N-methyl/N-ethyl adjacent to an activating group) is 1. The Balaban J connectivity index is 1.80.